The lowest BCUT2D eigenvalue weighted by Crippen LogP contribution is -2.10. The molecule has 0 saturated carbocycles. The topological polar surface area (TPSA) is 3.24 Å². The molecule has 0 atom stereocenters. The average Bonchev–Trinajstić information content (AvgIpc) is 3.33. The molecule has 1 nitrogen and oxygen atoms in total. The summed E-state index contributed by atoms with van der Waals surface area (Å²) in [5, 5.41) is 2.51. The van der Waals surface area contributed by atoms with Crippen LogP contribution in [0.4, 0.5) is 17.1 Å². The molecule has 0 aliphatic heterocycles. The molecule has 10 rings (SSSR count). The smallest absolute Gasteiger partial charge is 0.0467 e. The summed E-state index contributed by atoms with van der Waals surface area (Å²) in [5.74, 6) is 0. The van der Waals surface area contributed by atoms with Gasteiger partial charge in [-0.1, -0.05) is 206 Å². The van der Waals surface area contributed by atoms with E-state index in [1.807, 2.05) is 0 Å². The number of hydrogen-bond donors (Lipinski definition) is 0. The van der Waals surface area contributed by atoms with E-state index in [1.165, 1.54) is 77.5 Å². The van der Waals surface area contributed by atoms with Gasteiger partial charge in [0.1, 0.15) is 0 Å². The van der Waals surface area contributed by atoms with E-state index in [9.17, 15) is 0 Å². The van der Waals surface area contributed by atoms with Crippen molar-refractivity contribution in [2.45, 2.75) is 0 Å². The molecule has 59 heavy (non-hydrogen) atoms. The Bertz CT molecular complexity index is 2850. The third kappa shape index (κ3) is 7.46. The second-order valence-electron chi connectivity index (χ2n) is 15.0. The maximum Gasteiger partial charge on any atom is 0.0467 e. The van der Waals surface area contributed by atoms with Gasteiger partial charge >= 0.3 is 0 Å². The molecule has 10 aromatic carbocycles. The van der Waals surface area contributed by atoms with Crippen LogP contribution in [-0.2, 0) is 0 Å². The quantitative estimate of drug-likeness (QED) is 0.142. The fourth-order valence-corrected chi connectivity index (χ4v) is 8.19. The minimum atomic E-state index is 1.09. The Kier molecular flexibility index (Phi) is 9.68. The normalized spacial score (nSPS) is 11.1. The highest BCUT2D eigenvalue weighted by Gasteiger charge is 2.15. The number of nitrogens with zero attached hydrogens (tertiary/aromatic N) is 1. The van der Waals surface area contributed by atoms with Gasteiger partial charge in [0.2, 0.25) is 0 Å². The molecule has 0 saturated heterocycles. The lowest BCUT2D eigenvalue weighted by atomic mass is 9.95. The van der Waals surface area contributed by atoms with E-state index in [0.29, 0.717) is 0 Å². The molecule has 0 N–H and O–H groups in total. The number of benzene rings is 10. The average molecular weight is 752 g/mol. The Morgan fingerprint density at radius 3 is 1.08 bits per heavy atom. The van der Waals surface area contributed by atoms with Crippen LogP contribution in [0.25, 0.3) is 77.5 Å². The van der Waals surface area contributed by atoms with E-state index in [2.05, 4.69) is 254 Å². The van der Waals surface area contributed by atoms with Crippen molar-refractivity contribution in [2.75, 3.05) is 4.90 Å². The molecule has 10 aromatic rings. The summed E-state index contributed by atoms with van der Waals surface area (Å²) in [4.78, 5) is 2.36. The van der Waals surface area contributed by atoms with Gasteiger partial charge in [-0.25, -0.2) is 0 Å². The minimum Gasteiger partial charge on any atom is -0.310 e. The van der Waals surface area contributed by atoms with Crippen LogP contribution in [-0.4, -0.2) is 0 Å². The molecule has 0 amide bonds. The third-order valence-electron chi connectivity index (χ3n) is 11.3. The fourth-order valence-electron chi connectivity index (χ4n) is 8.19. The van der Waals surface area contributed by atoms with E-state index < -0.39 is 0 Å². The zero-order chi connectivity index (χ0) is 39.4. The molecule has 0 aromatic heterocycles. The summed E-state index contributed by atoms with van der Waals surface area (Å²) in [6.45, 7) is 0. The first kappa shape index (κ1) is 35.7. The number of fused-ring (bicyclic) bond motifs is 1. The summed E-state index contributed by atoms with van der Waals surface area (Å²) >= 11 is 0. The zero-order valence-corrected chi connectivity index (χ0v) is 32.6. The van der Waals surface area contributed by atoms with Gasteiger partial charge in [0, 0.05) is 17.1 Å². The van der Waals surface area contributed by atoms with E-state index in [0.717, 1.165) is 17.1 Å². The lowest BCUT2D eigenvalue weighted by Gasteiger charge is -2.26. The predicted octanol–water partition coefficient (Wildman–Crippen LogP) is 16.3. The van der Waals surface area contributed by atoms with Crippen molar-refractivity contribution in [3.8, 4) is 66.8 Å². The highest BCUT2D eigenvalue weighted by atomic mass is 15.1. The van der Waals surface area contributed by atoms with Crippen molar-refractivity contribution < 1.29 is 0 Å². The molecule has 0 aliphatic carbocycles. The summed E-state index contributed by atoms with van der Waals surface area (Å²) in [6.07, 6.45) is 0. The molecule has 0 bridgehead atoms. The van der Waals surface area contributed by atoms with Crippen LogP contribution < -0.4 is 4.90 Å². The Labute approximate surface area is 346 Å². The van der Waals surface area contributed by atoms with Gasteiger partial charge in [-0.05, 0) is 120 Å². The lowest BCUT2D eigenvalue weighted by molar-refractivity contribution is 1.28. The molecule has 0 radical (unpaired) electrons. The molecular formula is C58H41N. The van der Waals surface area contributed by atoms with Crippen LogP contribution in [0.2, 0.25) is 0 Å². The second-order valence-corrected chi connectivity index (χ2v) is 15.0. The molecule has 1 heteroatoms. The van der Waals surface area contributed by atoms with Gasteiger partial charge in [0.05, 0.1) is 0 Å². The zero-order valence-electron chi connectivity index (χ0n) is 32.6. The first-order valence-electron chi connectivity index (χ1n) is 20.2. The Balaban J connectivity index is 1.00. The van der Waals surface area contributed by atoms with Crippen molar-refractivity contribution in [3.63, 3.8) is 0 Å². The van der Waals surface area contributed by atoms with Gasteiger partial charge in [-0.2, -0.15) is 0 Å². The van der Waals surface area contributed by atoms with Crippen molar-refractivity contribution >= 4 is 27.8 Å². The van der Waals surface area contributed by atoms with Crippen LogP contribution in [0, 0.1) is 0 Å². The maximum absolute atomic E-state index is 2.36. The Morgan fingerprint density at radius 2 is 0.559 bits per heavy atom. The van der Waals surface area contributed by atoms with Gasteiger partial charge in [-0.15, -0.1) is 0 Å². The highest BCUT2D eigenvalue weighted by Crippen LogP contribution is 2.40. The fraction of sp³-hybridized carbons (Fsp3) is 0. The number of anilines is 3. The molecule has 0 fully saturated rings. The van der Waals surface area contributed by atoms with Gasteiger partial charge in [-0.3, -0.25) is 0 Å². The monoisotopic (exact) mass is 751 g/mol. The van der Waals surface area contributed by atoms with Gasteiger partial charge < -0.3 is 4.90 Å². The van der Waals surface area contributed by atoms with Crippen molar-refractivity contribution in [1.82, 2.24) is 0 Å². The summed E-state index contributed by atoms with van der Waals surface area (Å²) < 4.78 is 0. The SMILES string of the molecule is c1ccc(-c2ccc(-c3ccc(N(c4ccc(-c5ccc(-c6ccccc6)cc5)cc4)c4cccc(-c5cccc(-c6cccc7ccccc67)c5)c4)cc3)cc2)cc1. The van der Waals surface area contributed by atoms with Crippen LogP contribution in [0.15, 0.2) is 249 Å². The van der Waals surface area contributed by atoms with E-state index in [1.54, 1.807) is 0 Å². The standard InChI is InChI=1S/C58H41N/c1-3-12-42(13-4-1)44-24-28-46(29-25-44)48-32-36-54(37-33-48)59(55-38-34-49(35-39-55)47-30-26-45(27-31-47)43-14-5-2-6-15-43)56-21-10-19-52(41-56)51-18-9-20-53(40-51)58-23-11-17-50-16-7-8-22-57(50)58/h1-41H. The van der Waals surface area contributed by atoms with Crippen LogP contribution in [0.1, 0.15) is 0 Å². The molecule has 278 valence electrons. The number of rotatable bonds is 9. The van der Waals surface area contributed by atoms with E-state index in [4.69, 9.17) is 0 Å². The van der Waals surface area contributed by atoms with Crippen molar-refractivity contribution in [1.29, 1.82) is 0 Å². The first-order valence-corrected chi connectivity index (χ1v) is 20.2. The summed E-state index contributed by atoms with van der Waals surface area (Å²) in [5.41, 5.74) is 17.7. The van der Waals surface area contributed by atoms with Gasteiger partial charge in [0.25, 0.3) is 0 Å². The van der Waals surface area contributed by atoms with Crippen molar-refractivity contribution in [2.24, 2.45) is 0 Å². The van der Waals surface area contributed by atoms with Crippen LogP contribution in [0.3, 0.4) is 0 Å². The Hall–Kier alpha value is -7.74. The van der Waals surface area contributed by atoms with Gasteiger partial charge in [0.15, 0.2) is 0 Å². The van der Waals surface area contributed by atoms with Crippen LogP contribution >= 0.6 is 0 Å². The predicted molar refractivity (Wildman–Crippen MR) is 251 cm³/mol. The summed E-state index contributed by atoms with van der Waals surface area (Å²) in [6, 6.07) is 89.7. The molecule has 0 heterocycles. The highest BCUT2D eigenvalue weighted by molar-refractivity contribution is 5.97. The summed E-state index contributed by atoms with van der Waals surface area (Å²) in [7, 11) is 0. The molecule has 0 unspecified atom stereocenters. The number of hydrogen-bond acceptors (Lipinski definition) is 1. The van der Waals surface area contributed by atoms with E-state index in [-0.39, 0.29) is 0 Å². The van der Waals surface area contributed by atoms with E-state index >= 15 is 0 Å². The third-order valence-corrected chi connectivity index (χ3v) is 11.3. The second kappa shape index (κ2) is 16.0. The Morgan fingerprint density at radius 1 is 0.203 bits per heavy atom. The molecule has 0 aliphatic rings. The first-order chi connectivity index (χ1) is 29.2. The van der Waals surface area contributed by atoms with Crippen molar-refractivity contribution in [3.05, 3.63) is 249 Å². The minimum absolute atomic E-state index is 1.09. The molecule has 0 spiro atoms. The maximum atomic E-state index is 2.36. The largest absolute Gasteiger partial charge is 0.310 e. The van der Waals surface area contributed by atoms with Crippen LogP contribution in [0.5, 0.6) is 0 Å². The molecular weight excluding hydrogens is 711 g/mol.